The third-order valence-electron chi connectivity index (χ3n) is 6.43. The van der Waals surface area contributed by atoms with E-state index in [1.807, 2.05) is 6.07 Å². The van der Waals surface area contributed by atoms with E-state index in [0.717, 1.165) is 51.0 Å². The van der Waals surface area contributed by atoms with E-state index in [9.17, 15) is 0 Å². The average molecular weight is 416 g/mol. The first-order valence-electron chi connectivity index (χ1n) is 11.8. The first-order chi connectivity index (χ1) is 14.6. The van der Waals surface area contributed by atoms with Crippen LogP contribution in [0.25, 0.3) is 0 Å². The molecule has 2 N–H and O–H groups in total. The molecule has 0 aromatic heterocycles. The Labute approximate surface area is 183 Å². The molecule has 1 atom stereocenters. The Hall–Kier alpha value is -1.79. The number of nitrogens with one attached hydrogen (secondary N) is 2. The van der Waals surface area contributed by atoms with Gasteiger partial charge in [0.2, 0.25) is 0 Å². The molecule has 0 aliphatic carbocycles. The number of benzene rings is 1. The van der Waals surface area contributed by atoms with Crippen LogP contribution in [0.2, 0.25) is 0 Å². The Balaban J connectivity index is 1.68. The zero-order valence-electron chi connectivity index (χ0n) is 19.4. The van der Waals surface area contributed by atoms with E-state index in [2.05, 4.69) is 59.4 Å². The zero-order valence-corrected chi connectivity index (χ0v) is 19.4. The van der Waals surface area contributed by atoms with E-state index in [4.69, 9.17) is 9.73 Å². The van der Waals surface area contributed by atoms with E-state index < -0.39 is 0 Å². The molecule has 6 nitrogen and oxygen atoms in total. The molecule has 0 spiro atoms. The quantitative estimate of drug-likeness (QED) is 0.504. The number of methoxy groups -OCH3 is 1. The molecule has 2 aliphatic rings. The zero-order chi connectivity index (χ0) is 21.3. The van der Waals surface area contributed by atoms with Gasteiger partial charge in [0, 0.05) is 31.7 Å². The van der Waals surface area contributed by atoms with Crippen molar-refractivity contribution in [3.8, 4) is 5.75 Å². The van der Waals surface area contributed by atoms with Gasteiger partial charge < -0.3 is 20.3 Å². The molecule has 1 unspecified atom stereocenters. The lowest BCUT2D eigenvalue weighted by atomic mass is 10.0. The minimum Gasteiger partial charge on any atom is -0.497 e. The van der Waals surface area contributed by atoms with Gasteiger partial charge in [-0.1, -0.05) is 12.1 Å². The topological polar surface area (TPSA) is 52.1 Å². The largest absolute Gasteiger partial charge is 0.497 e. The van der Waals surface area contributed by atoms with Crippen molar-refractivity contribution < 1.29 is 4.74 Å². The summed E-state index contributed by atoms with van der Waals surface area (Å²) < 4.78 is 5.47. The lowest BCUT2D eigenvalue weighted by Gasteiger charge is -2.35. The van der Waals surface area contributed by atoms with Gasteiger partial charge in [0.05, 0.1) is 19.7 Å². The second kappa shape index (κ2) is 11.6. The number of guanidine groups is 1. The number of likely N-dealkylation sites (tertiary alicyclic amines) is 2. The lowest BCUT2D eigenvalue weighted by Crippen LogP contribution is -2.50. The van der Waals surface area contributed by atoms with Crippen molar-refractivity contribution in [3.05, 3.63) is 29.8 Å². The maximum atomic E-state index is 5.47. The fourth-order valence-electron chi connectivity index (χ4n) is 4.59. The minimum atomic E-state index is 0.292. The summed E-state index contributed by atoms with van der Waals surface area (Å²) in [7, 11) is 1.74. The van der Waals surface area contributed by atoms with Gasteiger partial charge in [-0.25, -0.2) is 0 Å². The summed E-state index contributed by atoms with van der Waals surface area (Å²) in [6.07, 6.45) is 4.90. The van der Waals surface area contributed by atoms with Gasteiger partial charge in [-0.05, 0) is 77.2 Å². The number of hydrogen-bond acceptors (Lipinski definition) is 4. The fourth-order valence-corrected chi connectivity index (χ4v) is 4.59. The van der Waals surface area contributed by atoms with Crippen LogP contribution in [0.3, 0.4) is 0 Å². The first-order valence-corrected chi connectivity index (χ1v) is 11.8. The monoisotopic (exact) mass is 415 g/mol. The van der Waals surface area contributed by atoms with Crippen LogP contribution in [0.1, 0.15) is 58.1 Å². The summed E-state index contributed by atoms with van der Waals surface area (Å²) in [4.78, 5) is 10.2. The van der Waals surface area contributed by atoms with Gasteiger partial charge >= 0.3 is 0 Å². The van der Waals surface area contributed by atoms with Crippen LogP contribution in [0.5, 0.6) is 5.75 Å². The molecule has 168 valence electrons. The maximum absolute atomic E-state index is 5.47. The molecule has 2 fully saturated rings. The van der Waals surface area contributed by atoms with Crippen molar-refractivity contribution in [1.29, 1.82) is 0 Å². The standard InChI is InChI=1S/C24H41N5O/c1-5-25-24(27-21-11-15-28(16-12-21)19(2)3)26-18-23(29-13-6-7-14-29)20-9-8-10-22(17-20)30-4/h8-10,17,19,21,23H,5-7,11-16,18H2,1-4H3,(H2,25,26,27). The van der Waals surface area contributed by atoms with Crippen LogP contribution in [0.15, 0.2) is 29.3 Å². The molecule has 1 aromatic carbocycles. The third-order valence-corrected chi connectivity index (χ3v) is 6.43. The number of ether oxygens (including phenoxy) is 1. The highest BCUT2D eigenvalue weighted by atomic mass is 16.5. The Morgan fingerprint density at radius 3 is 2.50 bits per heavy atom. The number of hydrogen-bond donors (Lipinski definition) is 2. The molecule has 0 amide bonds. The van der Waals surface area contributed by atoms with Crippen LogP contribution in [0.4, 0.5) is 0 Å². The second-order valence-electron chi connectivity index (χ2n) is 8.80. The first kappa shape index (κ1) is 22.9. The normalized spacial score (nSPS) is 20.5. The number of rotatable bonds is 8. The molecule has 6 heteroatoms. The summed E-state index contributed by atoms with van der Waals surface area (Å²) in [5.41, 5.74) is 1.29. The molecule has 30 heavy (non-hydrogen) atoms. The summed E-state index contributed by atoms with van der Waals surface area (Å²) in [5, 5.41) is 7.17. The molecule has 2 saturated heterocycles. The Morgan fingerprint density at radius 1 is 1.13 bits per heavy atom. The highest BCUT2D eigenvalue weighted by Gasteiger charge is 2.25. The van der Waals surface area contributed by atoms with Gasteiger partial charge in [0.15, 0.2) is 5.96 Å². The molecule has 0 radical (unpaired) electrons. The minimum absolute atomic E-state index is 0.292. The molecular weight excluding hydrogens is 374 g/mol. The maximum Gasteiger partial charge on any atom is 0.191 e. The highest BCUT2D eigenvalue weighted by molar-refractivity contribution is 5.80. The van der Waals surface area contributed by atoms with E-state index in [-0.39, 0.29) is 0 Å². The summed E-state index contributed by atoms with van der Waals surface area (Å²) in [5.74, 6) is 1.87. The van der Waals surface area contributed by atoms with Crippen molar-refractivity contribution in [2.24, 2.45) is 4.99 Å². The van der Waals surface area contributed by atoms with Gasteiger partial charge in [0.25, 0.3) is 0 Å². The van der Waals surface area contributed by atoms with E-state index >= 15 is 0 Å². The van der Waals surface area contributed by atoms with Gasteiger partial charge in [-0.2, -0.15) is 0 Å². The van der Waals surface area contributed by atoms with Crippen molar-refractivity contribution in [1.82, 2.24) is 20.4 Å². The van der Waals surface area contributed by atoms with Crippen molar-refractivity contribution >= 4 is 5.96 Å². The van der Waals surface area contributed by atoms with Crippen molar-refractivity contribution in [2.75, 3.05) is 46.4 Å². The molecular formula is C24H41N5O. The third kappa shape index (κ3) is 6.35. The van der Waals surface area contributed by atoms with E-state index in [1.165, 1.54) is 31.2 Å². The summed E-state index contributed by atoms with van der Waals surface area (Å²) >= 11 is 0. The van der Waals surface area contributed by atoms with Crippen LogP contribution in [0, 0.1) is 0 Å². The SMILES string of the molecule is CCNC(=NCC(c1cccc(OC)c1)N1CCCC1)NC1CCN(C(C)C)CC1. The Bertz CT molecular complexity index is 663. The molecule has 2 aliphatic heterocycles. The predicted molar refractivity (Wildman–Crippen MR) is 125 cm³/mol. The Morgan fingerprint density at radius 2 is 1.87 bits per heavy atom. The highest BCUT2D eigenvalue weighted by Crippen LogP contribution is 2.28. The van der Waals surface area contributed by atoms with Gasteiger partial charge in [-0.15, -0.1) is 0 Å². The van der Waals surface area contributed by atoms with Crippen LogP contribution in [-0.2, 0) is 0 Å². The number of piperidine rings is 1. The predicted octanol–water partition coefficient (Wildman–Crippen LogP) is 3.26. The van der Waals surface area contributed by atoms with Gasteiger partial charge in [0.1, 0.15) is 5.75 Å². The van der Waals surface area contributed by atoms with Crippen molar-refractivity contribution in [2.45, 2.75) is 64.6 Å². The number of nitrogens with zero attached hydrogens (tertiary/aromatic N) is 3. The summed E-state index contributed by atoms with van der Waals surface area (Å²) in [6.45, 7) is 13.0. The molecule has 3 rings (SSSR count). The lowest BCUT2D eigenvalue weighted by molar-refractivity contribution is 0.167. The second-order valence-corrected chi connectivity index (χ2v) is 8.80. The summed E-state index contributed by atoms with van der Waals surface area (Å²) in [6, 6.07) is 9.91. The molecule has 2 heterocycles. The van der Waals surface area contributed by atoms with Crippen LogP contribution in [-0.4, -0.2) is 74.2 Å². The van der Waals surface area contributed by atoms with Crippen molar-refractivity contribution in [3.63, 3.8) is 0 Å². The molecule has 1 aromatic rings. The number of aliphatic imine (C=N–C) groups is 1. The fraction of sp³-hybridized carbons (Fsp3) is 0.708. The average Bonchev–Trinajstić information content (AvgIpc) is 3.29. The van der Waals surface area contributed by atoms with Gasteiger partial charge in [-0.3, -0.25) is 9.89 Å². The van der Waals surface area contributed by atoms with Crippen LogP contribution < -0.4 is 15.4 Å². The van der Waals surface area contributed by atoms with Crippen LogP contribution >= 0.6 is 0 Å². The smallest absolute Gasteiger partial charge is 0.191 e. The molecule has 0 saturated carbocycles. The Kier molecular flexibility index (Phi) is 8.82. The molecule has 0 bridgehead atoms. The van der Waals surface area contributed by atoms with E-state index in [0.29, 0.717) is 18.1 Å². The van der Waals surface area contributed by atoms with E-state index in [1.54, 1.807) is 7.11 Å².